The summed E-state index contributed by atoms with van der Waals surface area (Å²) in [6.45, 7) is 5.50. The summed E-state index contributed by atoms with van der Waals surface area (Å²) in [5.41, 5.74) is 1.94. The third kappa shape index (κ3) is 2.22. The SMILES string of the molecule is CC(=O)c1ccc2ccccc2c1N1CCNCC1. The van der Waals surface area contributed by atoms with Crippen LogP contribution in [0.5, 0.6) is 0 Å². The van der Waals surface area contributed by atoms with Crippen molar-refractivity contribution in [3.8, 4) is 0 Å². The molecule has 0 bridgehead atoms. The number of hydrogen-bond donors (Lipinski definition) is 1. The van der Waals surface area contributed by atoms with Gasteiger partial charge in [0.1, 0.15) is 0 Å². The molecule has 19 heavy (non-hydrogen) atoms. The lowest BCUT2D eigenvalue weighted by atomic mass is 10.00. The first-order valence-electron chi connectivity index (χ1n) is 6.76. The first-order chi connectivity index (χ1) is 9.27. The van der Waals surface area contributed by atoms with E-state index >= 15 is 0 Å². The van der Waals surface area contributed by atoms with E-state index < -0.39 is 0 Å². The van der Waals surface area contributed by atoms with Crippen molar-refractivity contribution < 1.29 is 4.79 Å². The molecular weight excluding hydrogens is 236 g/mol. The molecule has 1 aliphatic rings. The van der Waals surface area contributed by atoms with Crippen molar-refractivity contribution in [1.29, 1.82) is 0 Å². The second kappa shape index (κ2) is 5.02. The number of piperazine rings is 1. The van der Waals surface area contributed by atoms with E-state index in [2.05, 4.69) is 22.3 Å². The maximum absolute atomic E-state index is 11.9. The second-order valence-electron chi connectivity index (χ2n) is 4.98. The van der Waals surface area contributed by atoms with Gasteiger partial charge in [-0.3, -0.25) is 4.79 Å². The summed E-state index contributed by atoms with van der Waals surface area (Å²) in [7, 11) is 0. The fraction of sp³-hybridized carbons (Fsp3) is 0.312. The quantitative estimate of drug-likeness (QED) is 0.836. The van der Waals surface area contributed by atoms with Crippen molar-refractivity contribution in [3.05, 3.63) is 42.0 Å². The van der Waals surface area contributed by atoms with Gasteiger partial charge in [-0.1, -0.05) is 30.3 Å². The third-order valence-corrected chi connectivity index (χ3v) is 3.71. The normalized spacial score (nSPS) is 15.7. The molecule has 0 radical (unpaired) electrons. The van der Waals surface area contributed by atoms with Gasteiger partial charge in [0.05, 0.1) is 5.69 Å². The van der Waals surface area contributed by atoms with Crippen molar-refractivity contribution in [2.45, 2.75) is 6.92 Å². The Bertz CT molecular complexity index is 615. The molecular formula is C16H18N2O. The van der Waals surface area contributed by atoms with E-state index in [4.69, 9.17) is 0 Å². The highest BCUT2D eigenvalue weighted by Crippen LogP contribution is 2.31. The highest BCUT2D eigenvalue weighted by Gasteiger charge is 2.18. The molecule has 3 nitrogen and oxygen atoms in total. The largest absolute Gasteiger partial charge is 0.368 e. The third-order valence-electron chi connectivity index (χ3n) is 3.71. The van der Waals surface area contributed by atoms with Crippen LogP contribution in [0.25, 0.3) is 10.8 Å². The minimum atomic E-state index is 0.138. The van der Waals surface area contributed by atoms with E-state index in [0.29, 0.717) is 0 Å². The van der Waals surface area contributed by atoms with Crippen LogP contribution >= 0.6 is 0 Å². The molecule has 2 aromatic carbocycles. The van der Waals surface area contributed by atoms with Crippen molar-refractivity contribution in [1.82, 2.24) is 5.32 Å². The number of carbonyl (C=O) groups excluding carboxylic acids is 1. The van der Waals surface area contributed by atoms with E-state index in [1.54, 1.807) is 6.92 Å². The summed E-state index contributed by atoms with van der Waals surface area (Å²) in [5.74, 6) is 0.138. The predicted octanol–water partition coefficient (Wildman–Crippen LogP) is 2.45. The smallest absolute Gasteiger partial charge is 0.161 e. The molecule has 1 fully saturated rings. The van der Waals surface area contributed by atoms with Crippen molar-refractivity contribution in [2.75, 3.05) is 31.1 Å². The van der Waals surface area contributed by atoms with E-state index in [0.717, 1.165) is 37.4 Å². The number of rotatable bonds is 2. The topological polar surface area (TPSA) is 32.3 Å². The summed E-state index contributed by atoms with van der Waals surface area (Å²) in [4.78, 5) is 14.2. The Morgan fingerprint density at radius 2 is 1.84 bits per heavy atom. The molecule has 1 aliphatic heterocycles. The molecule has 0 saturated carbocycles. The van der Waals surface area contributed by atoms with Crippen LogP contribution < -0.4 is 10.2 Å². The maximum atomic E-state index is 11.9. The first-order valence-corrected chi connectivity index (χ1v) is 6.76. The van der Waals surface area contributed by atoms with E-state index in [1.165, 1.54) is 10.8 Å². The maximum Gasteiger partial charge on any atom is 0.161 e. The van der Waals surface area contributed by atoms with Gasteiger partial charge in [-0.25, -0.2) is 0 Å². The van der Waals surface area contributed by atoms with Gasteiger partial charge in [0.2, 0.25) is 0 Å². The van der Waals surface area contributed by atoms with Gasteiger partial charge >= 0.3 is 0 Å². The first kappa shape index (κ1) is 12.2. The Labute approximate surface area is 113 Å². The zero-order valence-electron chi connectivity index (χ0n) is 11.1. The van der Waals surface area contributed by atoms with Gasteiger partial charge in [0.15, 0.2) is 5.78 Å². The molecule has 2 aromatic rings. The second-order valence-corrected chi connectivity index (χ2v) is 4.98. The summed E-state index contributed by atoms with van der Waals surface area (Å²) in [6.07, 6.45) is 0. The lowest BCUT2D eigenvalue weighted by Crippen LogP contribution is -2.44. The average Bonchev–Trinajstić information content (AvgIpc) is 2.46. The van der Waals surface area contributed by atoms with Crippen molar-refractivity contribution in [3.63, 3.8) is 0 Å². The Kier molecular flexibility index (Phi) is 3.22. The minimum Gasteiger partial charge on any atom is -0.368 e. The zero-order chi connectivity index (χ0) is 13.2. The predicted molar refractivity (Wildman–Crippen MR) is 79.0 cm³/mol. The Morgan fingerprint density at radius 1 is 1.11 bits per heavy atom. The van der Waals surface area contributed by atoms with Crippen molar-refractivity contribution >= 4 is 22.2 Å². The molecule has 0 spiro atoms. The van der Waals surface area contributed by atoms with Gasteiger partial charge in [-0.2, -0.15) is 0 Å². The van der Waals surface area contributed by atoms with Crippen LogP contribution in [0.1, 0.15) is 17.3 Å². The van der Waals surface area contributed by atoms with E-state index in [1.807, 2.05) is 24.3 Å². The van der Waals surface area contributed by atoms with Gasteiger partial charge in [-0.15, -0.1) is 0 Å². The van der Waals surface area contributed by atoms with Crippen LogP contribution in [-0.4, -0.2) is 32.0 Å². The summed E-state index contributed by atoms with van der Waals surface area (Å²) < 4.78 is 0. The highest BCUT2D eigenvalue weighted by molar-refractivity contribution is 6.08. The molecule has 1 N–H and O–H groups in total. The monoisotopic (exact) mass is 254 g/mol. The Balaban J connectivity index is 2.21. The summed E-state index contributed by atoms with van der Waals surface area (Å²) in [6, 6.07) is 12.3. The minimum absolute atomic E-state index is 0.138. The van der Waals surface area contributed by atoms with Crippen LogP contribution in [0.3, 0.4) is 0 Å². The zero-order valence-corrected chi connectivity index (χ0v) is 11.1. The Hall–Kier alpha value is -1.87. The number of nitrogens with one attached hydrogen (secondary N) is 1. The number of nitrogens with zero attached hydrogens (tertiary/aromatic N) is 1. The van der Waals surface area contributed by atoms with Crippen LogP contribution in [0.4, 0.5) is 5.69 Å². The van der Waals surface area contributed by atoms with Gasteiger partial charge in [-0.05, 0) is 18.4 Å². The lowest BCUT2D eigenvalue weighted by Gasteiger charge is -2.31. The van der Waals surface area contributed by atoms with Crippen LogP contribution in [0.15, 0.2) is 36.4 Å². The number of hydrogen-bond acceptors (Lipinski definition) is 3. The van der Waals surface area contributed by atoms with Crippen LogP contribution in [0, 0.1) is 0 Å². The van der Waals surface area contributed by atoms with Crippen LogP contribution in [-0.2, 0) is 0 Å². The molecule has 0 aliphatic carbocycles. The molecule has 3 rings (SSSR count). The van der Waals surface area contributed by atoms with E-state index in [-0.39, 0.29) is 5.78 Å². The number of carbonyl (C=O) groups is 1. The Morgan fingerprint density at radius 3 is 2.58 bits per heavy atom. The summed E-state index contributed by atoms with van der Waals surface area (Å²) in [5, 5.41) is 5.73. The molecule has 1 heterocycles. The molecule has 1 saturated heterocycles. The molecule has 0 aromatic heterocycles. The average molecular weight is 254 g/mol. The number of Topliss-reactive ketones (excluding diaryl/α,β-unsaturated/α-hetero) is 1. The standard InChI is InChI=1S/C16H18N2O/c1-12(19)14-7-6-13-4-2-3-5-15(13)16(14)18-10-8-17-9-11-18/h2-7,17H,8-11H2,1H3. The van der Waals surface area contributed by atoms with Gasteiger partial charge in [0.25, 0.3) is 0 Å². The molecule has 98 valence electrons. The number of benzene rings is 2. The molecule has 3 heteroatoms. The fourth-order valence-corrected chi connectivity index (χ4v) is 2.77. The van der Waals surface area contributed by atoms with Gasteiger partial charge in [0, 0.05) is 37.1 Å². The molecule has 0 amide bonds. The van der Waals surface area contributed by atoms with Crippen molar-refractivity contribution in [2.24, 2.45) is 0 Å². The molecule has 0 unspecified atom stereocenters. The number of fused-ring (bicyclic) bond motifs is 1. The molecule has 0 atom stereocenters. The van der Waals surface area contributed by atoms with E-state index in [9.17, 15) is 4.79 Å². The highest BCUT2D eigenvalue weighted by atomic mass is 16.1. The number of anilines is 1. The van der Waals surface area contributed by atoms with Gasteiger partial charge < -0.3 is 10.2 Å². The fourth-order valence-electron chi connectivity index (χ4n) is 2.77. The summed E-state index contributed by atoms with van der Waals surface area (Å²) >= 11 is 0. The lowest BCUT2D eigenvalue weighted by molar-refractivity contribution is 0.101. The van der Waals surface area contributed by atoms with Crippen LogP contribution in [0.2, 0.25) is 0 Å². The number of ketones is 1.